The van der Waals surface area contributed by atoms with Crippen LogP contribution in [0.15, 0.2) is 4.99 Å². The minimum Gasteiger partial charge on any atom is -0.379 e. The van der Waals surface area contributed by atoms with Gasteiger partial charge in [-0.05, 0) is 25.2 Å². The van der Waals surface area contributed by atoms with Gasteiger partial charge in [0.1, 0.15) is 0 Å². The molecule has 2 rings (SSSR count). The average Bonchev–Trinajstić information content (AvgIpc) is 3.12. The van der Waals surface area contributed by atoms with E-state index in [0.29, 0.717) is 25.5 Å². The summed E-state index contributed by atoms with van der Waals surface area (Å²) in [5.41, 5.74) is 0. The van der Waals surface area contributed by atoms with Crippen LogP contribution in [0.5, 0.6) is 0 Å². The minimum absolute atomic E-state index is 0. The molecule has 118 valence electrons. The fourth-order valence-electron chi connectivity index (χ4n) is 2.07. The van der Waals surface area contributed by atoms with Gasteiger partial charge in [0.05, 0.1) is 18.1 Å². The van der Waals surface area contributed by atoms with Gasteiger partial charge < -0.3 is 15.4 Å². The van der Waals surface area contributed by atoms with E-state index in [1.807, 2.05) is 0 Å². The number of hydrogen-bond donors (Lipinski definition) is 2. The molecule has 2 aliphatic rings. The molecule has 8 heteroatoms. The van der Waals surface area contributed by atoms with Crippen molar-refractivity contribution in [2.24, 2.45) is 10.9 Å². The summed E-state index contributed by atoms with van der Waals surface area (Å²) in [4.78, 5) is 4.09. The smallest absolute Gasteiger partial charge is 0.191 e. The van der Waals surface area contributed by atoms with Gasteiger partial charge in [-0.25, -0.2) is 8.42 Å². The van der Waals surface area contributed by atoms with E-state index < -0.39 is 9.84 Å². The van der Waals surface area contributed by atoms with Gasteiger partial charge in [-0.15, -0.1) is 24.0 Å². The molecule has 1 heterocycles. The highest BCUT2D eigenvalue weighted by molar-refractivity contribution is 14.0. The van der Waals surface area contributed by atoms with E-state index in [-0.39, 0.29) is 41.5 Å². The first-order valence-corrected chi connectivity index (χ1v) is 8.66. The molecule has 0 aromatic rings. The summed E-state index contributed by atoms with van der Waals surface area (Å²) in [5, 5.41) is 6.27. The van der Waals surface area contributed by atoms with Gasteiger partial charge in [-0.3, -0.25) is 4.99 Å². The first-order valence-electron chi connectivity index (χ1n) is 6.84. The van der Waals surface area contributed by atoms with E-state index in [1.165, 1.54) is 12.8 Å². The van der Waals surface area contributed by atoms with Crippen LogP contribution in [0.4, 0.5) is 0 Å². The highest BCUT2D eigenvalue weighted by atomic mass is 127. The molecule has 0 aromatic carbocycles. The van der Waals surface area contributed by atoms with Gasteiger partial charge in [0, 0.05) is 26.2 Å². The summed E-state index contributed by atoms with van der Waals surface area (Å²) < 4.78 is 28.2. The number of hydrogen-bond acceptors (Lipinski definition) is 4. The molecular weight excluding hydrogens is 393 g/mol. The van der Waals surface area contributed by atoms with E-state index in [4.69, 9.17) is 4.74 Å². The first kappa shape index (κ1) is 18.0. The van der Waals surface area contributed by atoms with E-state index in [2.05, 4.69) is 15.6 Å². The fourth-order valence-corrected chi connectivity index (χ4v) is 3.75. The molecule has 2 N–H and O–H groups in total. The van der Waals surface area contributed by atoms with E-state index in [0.717, 1.165) is 12.5 Å². The van der Waals surface area contributed by atoms with Gasteiger partial charge >= 0.3 is 0 Å². The summed E-state index contributed by atoms with van der Waals surface area (Å²) in [6.45, 7) is 2.20. The number of sulfone groups is 1. The topological polar surface area (TPSA) is 79.8 Å². The van der Waals surface area contributed by atoms with E-state index in [1.54, 1.807) is 7.05 Å². The molecule has 20 heavy (non-hydrogen) atoms. The van der Waals surface area contributed by atoms with Crippen molar-refractivity contribution in [2.75, 3.05) is 38.3 Å². The van der Waals surface area contributed by atoms with Crippen molar-refractivity contribution < 1.29 is 13.2 Å². The number of ether oxygens (including phenoxy) is 1. The maximum Gasteiger partial charge on any atom is 0.191 e. The lowest BCUT2D eigenvalue weighted by atomic mass is 10.3. The van der Waals surface area contributed by atoms with Crippen LogP contribution < -0.4 is 10.6 Å². The van der Waals surface area contributed by atoms with Crippen LogP contribution in [-0.2, 0) is 14.6 Å². The molecule has 6 nitrogen and oxygen atoms in total. The zero-order valence-corrected chi connectivity index (χ0v) is 14.9. The lowest BCUT2D eigenvalue weighted by molar-refractivity contribution is 0.129. The summed E-state index contributed by atoms with van der Waals surface area (Å²) in [6.07, 6.45) is 3.25. The van der Waals surface area contributed by atoms with Crippen LogP contribution in [0.3, 0.4) is 0 Å². The van der Waals surface area contributed by atoms with Crippen molar-refractivity contribution in [3.63, 3.8) is 0 Å². The zero-order chi connectivity index (χ0) is 13.7. The Balaban J connectivity index is 0.00000200. The number of nitrogens with one attached hydrogen (secondary N) is 2. The summed E-state index contributed by atoms with van der Waals surface area (Å²) in [6, 6.07) is -0.0245. The molecule has 1 saturated carbocycles. The SMILES string of the molecule is CN=C(NCCOCC1CC1)NC1CCS(=O)(=O)C1.I. The van der Waals surface area contributed by atoms with Crippen molar-refractivity contribution in [1.82, 2.24) is 10.6 Å². The molecular formula is C12H24IN3O3S. The Morgan fingerprint density at radius 2 is 2.10 bits per heavy atom. The molecule has 1 unspecified atom stereocenters. The van der Waals surface area contributed by atoms with E-state index >= 15 is 0 Å². The number of aliphatic imine (C=N–C) groups is 1. The Kier molecular flexibility index (Phi) is 7.52. The third-order valence-corrected chi connectivity index (χ3v) is 5.15. The second kappa shape index (κ2) is 8.38. The van der Waals surface area contributed by atoms with Crippen LogP contribution in [0, 0.1) is 5.92 Å². The van der Waals surface area contributed by atoms with Crippen LogP contribution in [0.1, 0.15) is 19.3 Å². The molecule has 1 saturated heterocycles. The molecule has 0 radical (unpaired) electrons. The predicted molar refractivity (Wildman–Crippen MR) is 90.5 cm³/mol. The van der Waals surface area contributed by atoms with Crippen LogP contribution in [-0.4, -0.2) is 58.7 Å². The first-order chi connectivity index (χ1) is 9.09. The van der Waals surface area contributed by atoms with Gasteiger partial charge in [0.2, 0.25) is 0 Å². The summed E-state index contributed by atoms with van der Waals surface area (Å²) >= 11 is 0. The lowest BCUT2D eigenvalue weighted by Crippen LogP contribution is -2.44. The molecule has 0 spiro atoms. The summed E-state index contributed by atoms with van der Waals surface area (Å²) in [5.74, 6) is 1.90. The van der Waals surface area contributed by atoms with Crippen LogP contribution >= 0.6 is 24.0 Å². The zero-order valence-electron chi connectivity index (χ0n) is 11.8. The highest BCUT2D eigenvalue weighted by Gasteiger charge is 2.28. The summed E-state index contributed by atoms with van der Waals surface area (Å²) in [7, 11) is -1.17. The average molecular weight is 417 g/mol. The Morgan fingerprint density at radius 1 is 1.35 bits per heavy atom. The maximum absolute atomic E-state index is 11.4. The third kappa shape index (κ3) is 6.57. The number of halogens is 1. The fraction of sp³-hybridized carbons (Fsp3) is 0.917. The van der Waals surface area contributed by atoms with Crippen LogP contribution in [0.25, 0.3) is 0 Å². The second-order valence-electron chi connectivity index (χ2n) is 5.26. The van der Waals surface area contributed by atoms with Crippen molar-refractivity contribution in [2.45, 2.75) is 25.3 Å². The van der Waals surface area contributed by atoms with E-state index in [9.17, 15) is 8.42 Å². The van der Waals surface area contributed by atoms with Crippen molar-refractivity contribution in [3.8, 4) is 0 Å². The monoisotopic (exact) mass is 417 g/mol. The molecule has 1 atom stereocenters. The Bertz CT molecular complexity index is 424. The molecule has 0 amide bonds. The maximum atomic E-state index is 11.4. The number of nitrogens with zero attached hydrogens (tertiary/aromatic N) is 1. The molecule has 1 aliphatic heterocycles. The molecule has 0 aromatic heterocycles. The quantitative estimate of drug-likeness (QED) is 0.283. The normalized spacial score (nSPS) is 25.1. The van der Waals surface area contributed by atoms with Gasteiger partial charge in [-0.1, -0.05) is 0 Å². The molecule has 2 fully saturated rings. The Morgan fingerprint density at radius 3 is 2.65 bits per heavy atom. The van der Waals surface area contributed by atoms with Crippen molar-refractivity contribution in [3.05, 3.63) is 0 Å². The minimum atomic E-state index is -2.85. The number of rotatable bonds is 6. The van der Waals surface area contributed by atoms with Gasteiger partial charge in [0.25, 0.3) is 0 Å². The van der Waals surface area contributed by atoms with Crippen LogP contribution in [0.2, 0.25) is 0 Å². The van der Waals surface area contributed by atoms with Crippen molar-refractivity contribution >= 4 is 39.8 Å². The Hall–Kier alpha value is -0.0900. The largest absolute Gasteiger partial charge is 0.379 e. The highest BCUT2D eigenvalue weighted by Crippen LogP contribution is 2.28. The third-order valence-electron chi connectivity index (χ3n) is 3.39. The predicted octanol–water partition coefficient (Wildman–Crippen LogP) is 0.383. The lowest BCUT2D eigenvalue weighted by Gasteiger charge is -2.16. The molecule has 0 bridgehead atoms. The van der Waals surface area contributed by atoms with Crippen molar-refractivity contribution in [1.29, 1.82) is 0 Å². The standard InChI is InChI=1S/C12H23N3O3S.HI/c1-13-12(14-5-6-18-8-10-2-3-10)15-11-4-7-19(16,17)9-11;/h10-11H,2-9H2,1H3,(H2,13,14,15);1H. The Labute approximate surface area is 138 Å². The number of guanidine groups is 1. The van der Waals surface area contributed by atoms with Gasteiger partial charge in [0.15, 0.2) is 15.8 Å². The molecule has 1 aliphatic carbocycles. The van der Waals surface area contributed by atoms with Gasteiger partial charge in [-0.2, -0.15) is 0 Å². The second-order valence-corrected chi connectivity index (χ2v) is 7.49.